The number of halogens is 1. The molecular formula is C16H22ClNO4. The SMILES string of the molecule is COCC(=O)N(c1c(C)cccc1C)C(CCCl)C(=O)OC. The van der Waals surface area contributed by atoms with Crippen LogP contribution >= 0.6 is 11.6 Å². The zero-order chi connectivity index (χ0) is 16.7. The first-order chi connectivity index (χ1) is 10.5. The summed E-state index contributed by atoms with van der Waals surface area (Å²) in [5.41, 5.74) is 2.49. The van der Waals surface area contributed by atoms with Gasteiger partial charge in [-0.25, -0.2) is 4.79 Å². The second kappa shape index (κ2) is 8.76. The number of benzene rings is 1. The highest BCUT2D eigenvalue weighted by Gasteiger charge is 2.33. The average Bonchev–Trinajstić information content (AvgIpc) is 2.48. The molecule has 122 valence electrons. The average molecular weight is 328 g/mol. The van der Waals surface area contributed by atoms with Crippen molar-refractivity contribution in [3.63, 3.8) is 0 Å². The van der Waals surface area contributed by atoms with Crippen LogP contribution in [0.15, 0.2) is 18.2 Å². The molecule has 0 saturated carbocycles. The van der Waals surface area contributed by atoms with Gasteiger partial charge in [0.1, 0.15) is 12.6 Å². The van der Waals surface area contributed by atoms with Gasteiger partial charge in [0.25, 0.3) is 5.91 Å². The molecule has 0 N–H and O–H groups in total. The van der Waals surface area contributed by atoms with Gasteiger partial charge in [-0.2, -0.15) is 0 Å². The quantitative estimate of drug-likeness (QED) is 0.570. The minimum absolute atomic E-state index is 0.121. The van der Waals surface area contributed by atoms with Gasteiger partial charge >= 0.3 is 5.97 Å². The lowest BCUT2D eigenvalue weighted by Crippen LogP contribution is -2.48. The van der Waals surface area contributed by atoms with E-state index < -0.39 is 12.0 Å². The number of amides is 1. The number of carbonyl (C=O) groups is 2. The number of rotatable bonds is 7. The van der Waals surface area contributed by atoms with Crippen LogP contribution in [0.25, 0.3) is 0 Å². The summed E-state index contributed by atoms with van der Waals surface area (Å²) in [6.07, 6.45) is 0.303. The normalized spacial score (nSPS) is 11.9. The highest BCUT2D eigenvalue weighted by molar-refractivity contribution is 6.18. The van der Waals surface area contributed by atoms with Crippen molar-refractivity contribution in [3.8, 4) is 0 Å². The van der Waals surface area contributed by atoms with Crippen molar-refractivity contribution in [2.75, 3.05) is 31.6 Å². The number of nitrogens with zero attached hydrogens (tertiary/aromatic N) is 1. The molecule has 1 aromatic carbocycles. The molecule has 0 fully saturated rings. The van der Waals surface area contributed by atoms with Gasteiger partial charge in [0, 0.05) is 13.0 Å². The molecule has 0 aromatic heterocycles. The number of para-hydroxylation sites is 1. The minimum atomic E-state index is -0.773. The molecule has 1 amide bonds. The molecule has 0 heterocycles. The van der Waals surface area contributed by atoms with E-state index in [1.165, 1.54) is 19.1 Å². The molecule has 1 aromatic rings. The number of carbonyl (C=O) groups excluding carboxylic acids is 2. The Kier molecular flexibility index (Phi) is 7.35. The minimum Gasteiger partial charge on any atom is -0.467 e. The van der Waals surface area contributed by atoms with E-state index >= 15 is 0 Å². The van der Waals surface area contributed by atoms with Crippen molar-refractivity contribution in [1.82, 2.24) is 0 Å². The van der Waals surface area contributed by atoms with E-state index in [2.05, 4.69) is 0 Å². The Bertz CT molecular complexity index is 513. The van der Waals surface area contributed by atoms with E-state index in [1.807, 2.05) is 32.0 Å². The fourth-order valence-electron chi connectivity index (χ4n) is 2.42. The van der Waals surface area contributed by atoms with Crippen molar-refractivity contribution in [1.29, 1.82) is 0 Å². The molecule has 1 rings (SSSR count). The molecule has 0 bridgehead atoms. The number of aryl methyl sites for hydroxylation is 2. The molecule has 5 nitrogen and oxygen atoms in total. The van der Waals surface area contributed by atoms with Crippen LogP contribution in [0.3, 0.4) is 0 Å². The monoisotopic (exact) mass is 327 g/mol. The topological polar surface area (TPSA) is 55.8 Å². The summed E-state index contributed by atoms with van der Waals surface area (Å²) >= 11 is 5.81. The Labute approximate surface area is 136 Å². The zero-order valence-electron chi connectivity index (χ0n) is 13.4. The van der Waals surface area contributed by atoms with E-state index in [-0.39, 0.29) is 18.4 Å². The Hall–Kier alpha value is -1.59. The Balaban J connectivity index is 3.39. The third-order valence-corrected chi connectivity index (χ3v) is 3.60. The molecule has 0 aliphatic rings. The Morgan fingerprint density at radius 1 is 1.23 bits per heavy atom. The largest absolute Gasteiger partial charge is 0.467 e. The lowest BCUT2D eigenvalue weighted by molar-refractivity contribution is -0.143. The number of hydrogen-bond donors (Lipinski definition) is 0. The van der Waals surface area contributed by atoms with Crippen molar-refractivity contribution in [3.05, 3.63) is 29.3 Å². The summed E-state index contributed by atoms with van der Waals surface area (Å²) in [7, 11) is 2.74. The Morgan fingerprint density at radius 3 is 2.27 bits per heavy atom. The lowest BCUT2D eigenvalue weighted by atomic mass is 10.0. The molecule has 0 aliphatic heterocycles. The van der Waals surface area contributed by atoms with E-state index in [4.69, 9.17) is 21.1 Å². The van der Waals surface area contributed by atoms with Gasteiger partial charge in [0.05, 0.1) is 12.8 Å². The van der Waals surface area contributed by atoms with Crippen LogP contribution in [0.4, 0.5) is 5.69 Å². The summed E-state index contributed by atoms with van der Waals surface area (Å²) in [6.45, 7) is 3.67. The van der Waals surface area contributed by atoms with Crippen molar-refractivity contribution < 1.29 is 19.1 Å². The van der Waals surface area contributed by atoms with Crippen molar-refractivity contribution in [2.45, 2.75) is 26.3 Å². The molecule has 0 aliphatic carbocycles. The van der Waals surface area contributed by atoms with Gasteiger partial charge in [-0.3, -0.25) is 9.69 Å². The van der Waals surface area contributed by atoms with Gasteiger partial charge < -0.3 is 9.47 Å². The summed E-state index contributed by atoms with van der Waals surface area (Å²) in [4.78, 5) is 26.1. The van der Waals surface area contributed by atoms with Crippen LogP contribution in [0, 0.1) is 13.8 Å². The molecule has 22 heavy (non-hydrogen) atoms. The summed E-state index contributed by atoms with van der Waals surface area (Å²) in [5, 5.41) is 0. The molecular weight excluding hydrogens is 306 g/mol. The number of hydrogen-bond acceptors (Lipinski definition) is 4. The van der Waals surface area contributed by atoms with Crippen LogP contribution < -0.4 is 4.90 Å². The smallest absolute Gasteiger partial charge is 0.329 e. The lowest BCUT2D eigenvalue weighted by Gasteiger charge is -2.32. The van der Waals surface area contributed by atoms with Crippen LogP contribution in [0.1, 0.15) is 17.5 Å². The number of anilines is 1. The van der Waals surface area contributed by atoms with Gasteiger partial charge in [0.15, 0.2) is 0 Å². The second-order valence-corrected chi connectivity index (χ2v) is 5.33. The van der Waals surface area contributed by atoms with Gasteiger partial charge in [-0.15, -0.1) is 11.6 Å². The number of methoxy groups -OCH3 is 2. The molecule has 0 spiro atoms. The predicted molar refractivity (Wildman–Crippen MR) is 86.4 cm³/mol. The maximum Gasteiger partial charge on any atom is 0.329 e. The maximum absolute atomic E-state index is 12.5. The standard InChI is InChI=1S/C16H22ClNO4/c1-11-6-5-7-12(2)15(11)18(14(19)10-21-3)13(8-9-17)16(20)22-4/h5-7,13H,8-10H2,1-4H3. The van der Waals surface area contributed by atoms with Gasteiger partial charge in [-0.1, -0.05) is 18.2 Å². The number of esters is 1. The Morgan fingerprint density at radius 2 is 1.82 bits per heavy atom. The highest BCUT2D eigenvalue weighted by atomic mass is 35.5. The van der Waals surface area contributed by atoms with E-state index in [9.17, 15) is 9.59 Å². The van der Waals surface area contributed by atoms with Gasteiger partial charge in [0.2, 0.25) is 0 Å². The van der Waals surface area contributed by atoms with E-state index in [1.54, 1.807) is 0 Å². The third kappa shape index (κ3) is 4.21. The second-order valence-electron chi connectivity index (χ2n) is 4.95. The van der Waals surface area contributed by atoms with E-state index in [0.29, 0.717) is 12.1 Å². The molecule has 0 radical (unpaired) electrons. The van der Waals surface area contributed by atoms with Crippen LogP contribution in [-0.4, -0.2) is 44.6 Å². The fourth-order valence-corrected chi connectivity index (χ4v) is 2.63. The van der Waals surface area contributed by atoms with Gasteiger partial charge in [-0.05, 0) is 31.4 Å². The molecule has 1 atom stereocenters. The number of ether oxygens (including phenoxy) is 2. The first kappa shape index (κ1) is 18.5. The fraction of sp³-hybridized carbons (Fsp3) is 0.500. The van der Waals surface area contributed by atoms with Crippen molar-refractivity contribution >= 4 is 29.2 Å². The third-order valence-electron chi connectivity index (χ3n) is 3.38. The van der Waals surface area contributed by atoms with Crippen LogP contribution in [0.5, 0.6) is 0 Å². The zero-order valence-corrected chi connectivity index (χ0v) is 14.1. The predicted octanol–water partition coefficient (Wildman–Crippen LogP) is 2.45. The maximum atomic E-state index is 12.5. The summed E-state index contributed by atoms with van der Waals surface area (Å²) in [6, 6.07) is 4.92. The number of alkyl halides is 1. The highest BCUT2D eigenvalue weighted by Crippen LogP contribution is 2.28. The van der Waals surface area contributed by atoms with Crippen LogP contribution in [-0.2, 0) is 19.1 Å². The van der Waals surface area contributed by atoms with Crippen molar-refractivity contribution in [2.24, 2.45) is 0 Å². The molecule has 0 saturated heterocycles. The summed E-state index contributed by atoms with van der Waals surface area (Å²) in [5.74, 6) is -0.560. The first-order valence-corrected chi connectivity index (χ1v) is 7.52. The molecule has 1 unspecified atom stereocenters. The van der Waals surface area contributed by atoms with Crippen LogP contribution in [0.2, 0.25) is 0 Å². The first-order valence-electron chi connectivity index (χ1n) is 6.98. The summed E-state index contributed by atoms with van der Waals surface area (Å²) < 4.78 is 9.79. The van der Waals surface area contributed by atoms with E-state index in [0.717, 1.165) is 11.1 Å². The molecule has 6 heteroatoms.